The predicted molar refractivity (Wildman–Crippen MR) is 107 cm³/mol. The first-order chi connectivity index (χ1) is 13.8. The van der Waals surface area contributed by atoms with Crippen LogP contribution in [-0.4, -0.2) is 37.4 Å². The highest BCUT2D eigenvalue weighted by Crippen LogP contribution is 2.22. The number of carbonyl (C=O) groups is 1. The number of likely N-dealkylation sites (N-methyl/N-ethyl adjacent to an activating group) is 1. The third-order valence-electron chi connectivity index (χ3n) is 4.12. The monoisotopic (exact) mass is 403 g/mol. The standard InChI is InChI=1S/C21H23F2N3O3/c1-14-9-8-12-16(18(25-28-4)20(27)24-3)17(14)13-29-26-19(21(2,22)23)15-10-6-5-7-11-15/h5-12H,13H2,1-4H3,(H,24,27)/b25-18+,26-19-. The number of rotatable bonds is 8. The minimum Gasteiger partial charge on any atom is -0.398 e. The topological polar surface area (TPSA) is 72.3 Å². The average Bonchev–Trinajstić information content (AvgIpc) is 2.69. The van der Waals surface area contributed by atoms with Crippen LogP contribution in [0.1, 0.15) is 29.2 Å². The molecule has 2 rings (SSSR count). The minimum absolute atomic E-state index is 0.0467. The Kier molecular flexibility index (Phi) is 7.41. The van der Waals surface area contributed by atoms with Crippen molar-refractivity contribution in [3.05, 3.63) is 70.8 Å². The van der Waals surface area contributed by atoms with Crippen molar-refractivity contribution in [2.45, 2.75) is 26.4 Å². The molecule has 1 N–H and O–H groups in total. The van der Waals surface area contributed by atoms with Gasteiger partial charge in [-0.25, -0.2) is 0 Å². The van der Waals surface area contributed by atoms with Crippen LogP contribution in [0, 0.1) is 6.92 Å². The Bertz CT molecular complexity index is 907. The van der Waals surface area contributed by atoms with Crippen LogP contribution in [0.15, 0.2) is 58.8 Å². The van der Waals surface area contributed by atoms with Gasteiger partial charge in [0.25, 0.3) is 11.8 Å². The lowest BCUT2D eigenvalue weighted by Crippen LogP contribution is -2.29. The zero-order valence-corrected chi connectivity index (χ0v) is 16.7. The summed E-state index contributed by atoms with van der Waals surface area (Å²) in [5, 5.41) is 9.99. The molecule has 6 nitrogen and oxygen atoms in total. The average molecular weight is 403 g/mol. The largest absolute Gasteiger partial charge is 0.398 e. The fourth-order valence-electron chi connectivity index (χ4n) is 2.68. The molecule has 0 bridgehead atoms. The highest BCUT2D eigenvalue weighted by molar-refractivity contribution is 6.45. The maximum absolute atomic E-state index is 14.0. The van der Waals surface area contributed by atoms with Gasteiger partial charge in [-0.05, 0) is 12.5 Å². The highest BCUT2D eigenvalue weighted by atomic mass is 19.3. The van der Waals surface area contributed by atoms with Crippen LogP contribution in [0.25, 0.3) is 0 Å². The number of oxime groups is 2. The normalized spacial score (nSPS) is 12.5. The molecule has 0 radical (unpaired) electrons. The van der Waals surface area contributed by atoms with E-state index in [1.165, 1.54) is 26.3 Å². The summed E-state index contributed by atoms with van der Waals surface area (Å²) in [5.74, 6) is -3.65. The van der Waals surface area contributed by atoms with E-state index in [9.17, 15) is 13.6 Å². The van der Waals surface area contributed by atoms with Gasteiger partial charge in [0.1, 0.15) is 13.7 Å². The summed E-state index contributed by atoms with van der Waals surface area (Å²) < 4.78 is 28.1. The molecular weight excluding hydrogens is 380 g/mol. The molecule has 0 aliphatic carbocycles. The van der Waals surface area contributed by atoms with Crippen LogP contribution < -0.4 is 5.32 Å². The van der Waals surface area contributed by atoms with Gasteiger partial charge in [0.15, 0.2) is 11.4 Å². The van der Waals surface area contributed by atoms with Crippen LogP contribution in [0.3, 0.4) is 0 Å². The Morgan fingerprint density at radius 3 is 2.38 bits per heavy atom. The first kappa shape index (κ1) is 22.0. The summed E-state index contributed by atoms with van der Waals surface area (Å²) in [6, 6.07) is 13.3. The van der Waals surface area contributed by atoms with E-state index < -0.39 is 17.5 Å². The second-order valence-corrected chi connectivity index (χ2v) is 6.27. The van der Waals surface area contributed by atoms with Crippen LogP contribution in [-0.2, 0) is 21.1 Å². The van der Waals surface area contributed by atoms with Crippen LogP contribution in [0.5, 0.6) is 0 Å². The number of alkyl halides is 2. The summed E-state index contributed by atoms with van der Waals surface area (Å²) in [7, 11) is 2.80. The molecule has 0 aliphatic heterocycles. The van der Waals surface area contributed by atoms with Gasteiger partial charge in [-0.3, -0.25) is 4.79 Å². The van der Waals surface area contributed by atoms with E-state index in [-0.39, 0.29) is 17.9 Å². The summed E-state index contributed by atoms with van der Waals surface area (Å²) in [4.78, 5) is 22.3. The fraction of sp³-hybridized carbons (Fsp3) is 0.286. The van der Waals surface area contributed by atoms with Gasteiger partial charge in [-0.2, -0.15) is 8.78 Å². The first-order valence-corrected chi connectivity index (χ1v) is 8.85. The number of benzene rings is 2. The zero-order valence-electron chi connectivity index (χ0n) is 16.7. The molecule has 0 aromatic heterocycles. The molecule has 0 fully saturated rings. The SMILES string of the molecule is CNC(=O)/C(=N/OC)c1cccc(C)c1CO/N=C(/c1ccccc1)C(C)(F)F. The third-order valence-corrected chi connectivity index (χ3v) is 4.12. The predicted octanol–water partition coefficient (Wildman–Crippen LogP) is 3.67. The molecule has 0 saturated heterocycles. The summed E-state index contributed by atoms with van der Waals surface area (Å²) in [6.45, 7) is 2.44. The number of carbonyl (C=O) groups excluding carboxylic acids is 1. The molecular formula is C21H23F2N3O3. The van der Waals surface area contributed by atoms with Crippen LogP contribution in [0.2, 0.25) is 0 Å². The summed E-state index contributed by atoms with van der Waals surface area (Å²) >= 11 is 0. The second-order valence-electron chi connectivity index (χ2n) is 6.27. The van der Waals surface area contributed by atoms with Crippen LogP contribution >= 0.6 is 0 Å². The van der Waals surface area contributed by atoms with Crippen molar-refractivity contribution in [1.29, 1.82) is 0 Å². The summed E-state index contributed by atoms with van der Waals surface area (Å²) in [6.07, 6.45) is 0. The van der Waals surface area contributed by atoms with Crippen molar-refractivity contribution in [2.75, 3.05) is 14.2 Å². The Balaban J connectivity index is 2.38. The van der Waals surface area contributed by atoms with Gasteiger partial charge in [0, 0.05) is 30.7 Å². The molecule has 0 unspecified atom stereocenters. The maximum Gasteiger partial charge on any atom is 0.290 e. The number of aryl methyl sites for hydroxylation is 1. The van der Waals surface area contributed by atoms with E-state index in [1.54, 1.807) is 30.3 Å². The Morgan fingerprint density at radius 1 is 1.10 bits per heavy atom. The maximum atomic E-state index is 14.0. The molecule has 29 heavy (non-hydrogen) atoms. The number of hydrogen-bond donors (Lipinski definition) is 1. The van der Waals surface area contributed by atoms with Gasteiger partial charge >= 0.3 is 0 Å². The van der Waals surface area contributed by atoms with E-state index in [0.29, 0.717) is 11.1 Å². The molecule has 0 spiro atoms. The number of halogens is 2. The quantitative estimate of drug-likeness (QED) is 0.540. The van der Waals surface area contributed by atoms with E-state index >= 15 is 0 Å². The fourth-order valence-corrected chi connectivity index (χ4v) is 2.68. The molecule has 2 aromatic rings. The van der Waals surface area contributed by atoms with Crippen molar-refractivity contribution in [3.63, 3.8) is 0 Å². The van der Waals surface area contributed by atoms with Gasteiger partial charge in [0.2, 0.25) is 0 Å². The van der Waals surface area contributed by atoms with E-state index in [0.717, 1.165) is 12.5 Å². The number of hydrogen-bond acceptors (Lipinski definition) is 5. The highest BCUT2D eigenvalue weighted by Gasteiger charge is 2.32. The van der Waals surface area contributed by atoms with Crippen molar-refractivity contribution < 1.29 is 23.3 Å². The molecule has 1 amide bonds. The first-order valence-electron chi connectivity index (χ1n) is 8.85. The minimum atomic E-state index is -3.19. The zero-order chi connectivity index (χ0) is 21.4. The van der Waals surface area contributed by atoms with Gasteiger partial charge in [-0.1, -0.05) is 58.8 Å². The van der Waals surface area contributed by atoms with Crippen molar-refractivity contribution in [1.82, 2.24) is 5.32 Å². The number of amides is 1. The molecule has 154 valence electrons. The van der Waals surface area contributed by atoms with Gasteiger partial charge in [-0.15, -0.1) is 0 Å². The Morgan fingerprint density at radius 2 is 1.79 bits per heavy atom. The lowest BCUT2D eigenvalue weighted by Gasteiger charge is -2.15. The molecule has 0 aliphatic rings. The second kappa shape index (κ2) is 9.77. The number of nitrogens with one attached hydrogen (secondary N) is 1. The molecule has 8 heteroatoms. The lowest BCUT2D eigenvalue weighted by atomic mass is 9.98. The van der Waals surface area contributed by atoms with Crippen molar-refractivity contribution in [2.24, 2.45) is 10.3 Å². The smallest absolute Gasteiger partial charge is 0.290 e. The molecule has 0 atom stereocenters. The summed E-state index contributed by atoms with van der Waals surface area (Å²) in [5.41, 5.74) is 1.66. The van der Waals surface area contributed by atoms with E-state index in [4.69, 9.17) is 9.68 Å². The van der Waals surface area contributed by atoms with Crippen molar-refractivity contribution in [3.8, 4) is 0 Å². The Labute approximate surface area is 168 Å². The molecule has 0 saturated carbocycles. The Hall–Kier alpha value is -3.29. The molecule has 0 heterocycles. The van der Waals surface area contributed by atoms with E-state index in [1.807, 2.05) is 13.0 Å². The van der Waals surface area contributed by atoms with Gasteiger partial charge < -0.3 is 15.0 Å². The third kappa shape index (κ3) is 5.60. The van der Waals surface area contributed by atoms with Crippen molar-refractivity contribution >= 4 is 17.3 Å². The van der Waals surface area contributed by atoms with Gasteiger partial charge in [0.05, 0.1) is 0 Å². The number of nitrogens with zero attached hydrogens (tertiary/aromatic N) is 2. The van der Waals surface area contributed by atoms with E-state index in [2.05, 4.69) is 15.6 Å². The lowest BCUT2D eigenvalue weighted by molar-refractivity contribution is -0.114. The molecule has 2 aromatic carbocycles. The van der Waals surface area contributed by atoms with Crippen LogP contribution in [0.4, 0.5) is 8.78 Å².